The predicted molar refractivity (Wildman–Crippen MR) is 152 cm³/mol. The number of nitrogens with one attached hydrogen (secondary N) is 3. The zero-order chi connectivity index (χ0) is 27.0. The van der Waals surface area contributed by atoms with Gasteiger partial charge in [-0.3, -0.25) is 5.41 Å². The van der Waals surface area contributed by atoms with Gasteiger partial charge in [-0.15, -0.1) is 0 Å². The van der Waals surface area contributed by atoms with Crippen LogP contribution < -0.4 is 15.8 Å². The summed E-state index contributed by atoms with van der Waals surface area (Å²) in [4.78, 5) is 15.4. The quantitative estimate of drug-likeness (QED) is 0.172. The molecule has 0 saturated carbocycles. The molecule has 0 radical (unpaired) electrons. The minimum absolute atomic E-state index is 0.0444. The van der Waals surface area contributed by atoms with Crippen LogP contribution in [0, 0.1) is 5.41 Å². The molecule has 3 rings (SSSR count). The van der Waals surface area contributed by atoms with E-state index in [9.17, 15) is 13.2 Å². The Hall–Kier alpha value is -3.60. The normalized spacial score (nSPS) is 11.0. The number of rotatable bonds is 9. The summed E-state index contributed by atoms with van der Waals surface area (Å²) in [5, 5.41) is 19.4. The lowest BCUT2D eigenvalue weighted by Crippen LogP contribution is -2.35. The number of urea groups is 1. The van der Waals surface area contributed by atoms with Gasteiger partial charge in [0.2, 0.25) is 10.0 Å². The van der Waals surface area contributed by atoms with Crippen molar-refractivity contribution in [1.29, 1.82) is 5.41 Å². The molecule has 0 unspecified atom stereocenters. The highest BCUT2D eigenvalue weighted by Gasteiger charge is 2.16. The summed E-state index contributed by atoms with van der Waals surface area (Å²) in [7, 11) is -3.87. The number of sulfonamides is 1. The predicted octanol–water partition coefficient (Wildman–Crippen LogP) is 5.10. The third-order valence-corrected chi connectivity index (χ3v) is 6.96. The lowest BCUT2D eigenvalue weighted by molar-refractivity contribution is 0.209. The van der Waals surface area contributed by atoms with Crippen molar-refractivity contribution in [3.63, 3.8) is 0 Å². The van der Waals surface area contributed by atoms with Gasteiger partial charge in [-0.1, -0.05) is 74.6 Å². The van der Waals surface area contributed by atoms with Crippen molar-refractivity contribution in [2.24, 2.45) is 5.14 Å². The molecule has 0 atom stereocenters. The third kappa shape index (κ3) is 7.69. The van der Waals surface area contributed by atoms with Gasteiger partial charge in [-0.25, -0.2) is 18.4 Å². The van der Waals surface area contributed by atoms with Crippen LogP contribution in [0.3, 0.4) is 0 Å². The summed E-state index contributed by atoms with van der Waals surface area (Å²) in [5.74, 6) is 0.226. The van der Waals surface area contributed by atoms with E-state index in [1.165, 1.54) is 6.07 Å². The van der Waals surface area contributed by atoms with Gasteiger partial charge in [0.15, 0.2) is 0 Å². The SMILES string of the molecule is CCCN(Cc1cccc(C(=N)NC(=S)CC)c1)C(=O)Nc1ccc(-c2ccccc2S(N)(=O)=O)cc1. The van der Waals surface area contributed by atoms with E-state index in [2.05, 4.69) is 10.6 Å². The van der Waals surface area contributed by atoms with Crippen LogP contribution in [0.1, 0.15) is 37.8 Å². The molecule has 8 nitrogen and oxygen atoms in total. The number of carbonyl (C=O) groups excluding carboxylic acids is 1. The fourth-order valence-corrected chi connectivity index (χ4v) is 4.62. The first-order chi connectivity index (χ1) is 17.6. The summed E-state index contributed by atoms with van der Waals surface area (Å²) in [6.45, 7) is 4.85. The Morgan fingerprint density at radius 2 is 1.73 bits per heavy atom. The van der Waals surface area contributed by atoms with Crippen LogP contribution in [0.2, 0.25) is 0 Å². The zero-order valence-electron chi connectivity index (χ0n) is 20.8. The average molecular weight is 538 g/mol. The van der Waals surface area contributed by atoms with Gasteiger partial charge >= 0.3 is 6.03 Å². The highest BCUT2D eigenvalue weighted by atomic mass is 32.2. The van der Waals surface area contributed by atoms with Crippen LogP contribution in [-0.2, 0) is 16.6 Å². The Labute approximate surface area is 223 Å². The fourth-order valence-electron chi connectivity index (χ4n) is 3.76. The van der Waals surface area contributed by atoms with Gasteiger partial charge in [-0.05, 0) is 48.2 Å². The number of nitrogens with two attached hydrogens (primary N) is 1. The van der Waals surface area contributed by atoms with Crippen molar-refractivity contribution in [3.8, 4) is 11.1 Å². The minimum atomic E-state index is -3.87. The van der Waals surface area contributed by atoms with Gasteiger partial charge < -0.3 is 15.5 Å². The molecule has 0 aromatic heterocycles. The number of primary sulfonamides is 1. The summed E-state index contributed by atoms with van der Waals surface area (Å²) < 4.78 is 23.9. The number of hydrogen-bond donors (Lipinski definition) is 4. The van der Waals surface area contributed by atoms with Crippen LogP contribution in [-0.4, -0.2) is 36.7 Å². The molecule has 3 aromatic carbocycles. The molecule has 0 aliphatic rings. The van der Waals surface area contributed by atoms with Crippen molar-refractivity contribution in [1.82, 2.24) is 10.2 Å². The van der Waals surface area contributed by atoms with Crippen LogP contribution in [0.25, 0.3) is 11.1 Å². The summed E-state index contributed by atoms with van der Waals surface area (Å²) in [6.07, 6.45) is 1.43. The van der Waals surface area contributed by atoms with E-state index >= 15 is 0 Å². The maximum atomic E-state index is 13.1. The van der Waals surface area contributed by atoms with Gasteiger partial charge in [0.25, 0.3) is 0 Å². The molecule has 194 valence electrons. The number of amidine groups is 1. The highest BCUT2D eigenvalue weighted by molar-refractivity contribution is 7.89. The van der Waals surface area contributed by atoms with E-state index < -0.39 is 10.0 Å². The average Bonchev–Trinajstić information content (AvgIpc) is 2.88. The summed E-state index contributed by atoms with van der Waals surface area (Å²) >= 11 is 5.18. The van der Waals surface area contributed by atoms with E-state index in [0.717, 1.165) is 12.0 Å². The minimum Gasteiger partial charge on any atom is -0.335 e. The van der Waals surface area contributed by atoms with E-state index in [1.54, 1.807) is 47.4 Å². The van der Waals surface area contributed by atoms with E-state index in [0.29, 0.717) is 46.9 Å². The molecular weight excluding hydrogens is 506 g/mol. The standard InChI is InChI=1S/C27H31N5O3S2/c1-3-16-32(18-19-8-7-9-21(17-19)26(28)31-25(36)4-2)27(33)30-22-14-12-20(13-15-22)23-10-5-6-11-24(23)37(29,34)35/h5-15,17H,3-4,16,18H2,1-2H3,(H,30,33)(H2,28,31,36)(H2,29,34,35). The topological polar surface area (TPSA) is 128 Å². The zero-order valence-corrected chi connectivity index (χ0v) is 22.5. The number of thiocarbonyl (C=S) groups is 1. The van der Waals surface area contributed by atoms with Crippen molar-refractivity contribution in [3.05, 3.63) is 83.9 Å². The van der Waals surface area contributed by atoms with Crippen LogP contribution in [0.4, 0.5) is 10.5 Å². The number of benzene rings is 3. The molecule has 0 spiro atoms. The Morgan fingerprint density at radius 3 is 2.38 bits per heavy atom. The van der Waals surface area contributed by atoms with Crippen LogP contribution in [0.5, 0.6) is 0 Å². The lowest BCUT2D eigenvalue weighted by atomic mass is 10.1. The third-order valence-electron chi connectivity index (χ3n) is 5.60. The van der Waals surface area contributed by atoms with Crippen molar-refractivity contribution < 1.29 is 13.2 Å². The van der Waals surface area contributed by atoms with Gasteiger partial charge in [0.05, 0.1) is 9.88 Å². The van der Waals surface area contributed by atoms with E-state index in [1.807, 2.05) is 38.1 Å². The number of amides is 2. The molecule has 0 saturated heterocycles. The fraction of sp³-hybridized carbons (Fsp3) is 0.222. The molecule has 0 aliphatic carbocycles. The molecule has 10 heteroatoms. The Morgan fingerprint density at radius 1 is 1.03 bits per heavy atom. The molecule has 2 amide bonds. The second kappa shape index (κ2) is 12.6. The first-order valence-corrected chi connectivity index (χ1v) is 13.8. The maximum absolute atomic E-state index is 13.1. The first kappa shape index (κ1) is 28.0. The molecule has 5 N–H and O–H groups in total. The van der Waals surface area contributed by atoms with E-state index in [4.69, 9.17) is 22.8 Å². The molecule has 0 heterocycles. The molecule has 0 fully saturated rings. The summed E-state index contributed by atoms with van der Waals surface area (Å²) in [6, 6.07) is 20.7. The smallest absolute Gasteiger partial charge is 0.322 e. The second-order valence-electron chi connectivity index (χ2n) is 8.45. The Kier molecular flexibility index (Phi) is 9.51. The van der Waals surface area contributed by atoms with E-state index in [-0.39, 0.29) is 16.8 Å². The Balaban J connectivity index is 1.73. The molecular formula is C27H31N5O3S2. The molecule has 3 aromatic rings. The molecule has 0 bridgehead atoms. The monoisotopic (exact) mass is 537 g/mol. The van der Waals surface area contributed by atoms with Crippen LogP contribution in [0.15, 0.2) is 77.7 Å². The number of nitrogens with zero attached hydrogens (tertiary/aromatic N) is 1. The first-order valence-electron chi connectivity index (χ1n) is 11.9. The second-order valence-corrected chi connectivity index (χ2v) is 10.5. The molecule has 37 heavy (non-hydrogen) atoms. The lowest BCUT2D eigenvalue weighted by Gasteiger charge is -2.23. The van der Waals surface area contributed by atoms with Gasteiger partial charge in [0, 0.05) is 29.9 Å². The number of hydrogen-bond acceptors (Lipinski definition) is 5. The van der Waals surface area contributed by atoms with Gasteiger partial charge in [-0.2, -0.15) is 0 Å². The molecule has 0 aliphatic heterocycles. The Bertz CT molecular complexity index is 1390. The van der Waals surface area contributed by atoms with Crippen molar-refractivity contribution in [2.75, 3.05) is 11.9 Å². The van der Waals surface area contributed by atoms with Gasteiger partial charge in [0.1, 0.15) is 5.84 Å². The largest absolute Gasteiger partial charge is 0.335 e. The summed E-state index contributed by atoms with van der Waals surface area (Å²) in [5.41, 5.74) is 3.33. The van der Waals surface area contributed by atoms with Crippen LogP contribution >= 0.6 is 12.2 Å². The maximum Gasteiger partial charge on any atom is 0.322 e. The number of anilines is 1. The van der Waals surface area contributed by atoms with Crippen molar-refractivity contribution >= 4 is 44.8 Å². The number of carbonyl (C=O) groups is 1. The van der Waals surface area contributed by atoms with Crippen molar-refractivity contribution in [2.45, 2.75) is 38.1 Å². The highest BCUT2D eigenvalue weighted by Crippen LogP contribution is 2.27.